The number of carboxylic acid groups (broad SMARTS) is 1. The number of piperazine rings is 1. The first-order chi connectivity index (χ1) is 19.7. The van der Waals surface area contributed by atoms with E-state index in [0.717, 1.165) is 25.7 Å². The third-order valence-corrected chi connectivity index (χ3v) is 8.21. The van der Waals surface area contributed by atoms with E-state index in [1.54, 1.807) is 12.1 Å². The average Bonchev–Trinajstić information content (AvgIpc) is 2.95. The van der Waals surface area contributed by atoms with Crippen LogP contribution in [0.4, 0.5) is 8.78 Å². The number of amides is 2. The molecule has 2 fully saturated rings. The number of aliphatic carboxylic acids is 1. The lowest BCUT2D eigenvalue weighted by Crippen LogP contribution is -2.51. The number of rotatable bonds is 8. The molecule has 1 aromatic heterocycles. The molecule has 2 N–H and O–H groups in total. The van der Waals surface area contributed by atoms with Gasteiger partial charge in [-0.25, -0.2) is 13.8 Å². The standard InChI is InChI=1S/C31H34F2N4O4/c1-19(20-5-3-2-4-6-20)34-31(41)29-24-15-23(33)11-12-26(24)35-30(21-7-9-22(32)10-8-21)25(29)16-36-13-14-37(18-28(39)40)27(38)17-36/h7-12,15,19-20H,2-6,13-14,16-18H2,1H3,(H,34,41)(H,39,40)/t19-/m0/s1. The van der Waals surface area contributed by atoms with E-state index in [9.17, 15) is 23.2 Å². The number of hydrogen-bond donors (Lipinski definition) is 2. The highest BCUT2D eigenvalue weighted by Crippen LogP contribution is 2.33. The van der Waals surface area contributed by atoms with Crippen LogP contribution in [-0.2, 0) is 16.1 Å². The van der Waals surface area contributed by atoms with E-state index in [1.807, 2.05) is 11.8 Å². The molecule has 0 unspecified atom stereocenters. The van der Waals surface area contributed by atoms with Crippen LogP contribution in [0.1, 0.15) is 54.9 Å². The van der Waals surface area contributed by atoms with Gasteiger partial charge in [-0.05, 0) is 68.1 Å². The average molecular weight is 565 g/mol. The predicted molar refractivity (Wildman–Crippen MR) is 150 cm³/mol. The Morgan fingerprint density at radius 2 is 1.76 bits per heavy atom. The van der Waals surface area contributed by atoms with Crippen LogP contribution in [0.5, 0.6) is 0 Å². The Morgan fingerprint density at radius 3 is 2.44 bits per heavy atom. The Balaban J connectivity index is 1.58. The molecule has 10 heteroatoms. The number of aromatic nitrogens is 1. The highest BCUT2D eigenvalue weighted by Gasteiger charge is 2.30. The molecule has 0 spiro atoms. The third kappa shape index (κ3) is 6.53. The molecular formula is C31H34F2N4O4. The van der Waals surface area contributed by atoms with Gasteiger partial charge in [0.2, 0.25) is 5.91 Å². The van der Waals surface area contributed by atoms with Gasteiger partial charge in [-0.2, -0.15) is 0 Å². The smallest absolute Gasteiger partial charge is 0.323 e. The maximum absolute atomic E-state index is 14.6. The van der Waals surface area contributed by atoms with Crippen molar-refractivity contribution in [3.8, 4) is 11.3 Å². The van der Waals surface area contributed by atoms with E-state index in [4.69, 9.17) is 10.1 Å². The number of hydrogen-bond acceptors (Lipinski definition) is 5. The number of carbonyl (C=O) groups is 3. The summed E-state index contributed by atoms with van der Waals surface area (Å²) < 4.78 is 28.4. The van der Waals surface area contributed by atoms with Crippen molar-refractivity contribution in [2.24, 2.45) is 5.92 Å². The van der Waals surface area contributed by atoms with Gasteiger partial charge in [0.15, 0.2) is 0 Å². The van der Waals surface area contributed by atoms with Crippen LogP contribution >= 0.6 is 0 Å². The van der Waals surface area contributed by atoms with E-state index in [1.165, 1.54) is 41.7 Å². The van der Waals surface area contributed by atoms with E-state index < -0.39 is 17.6 Å². The molecule has 216 valence electrons. The molecule has 1 aliphatic heterocycles. The maximum Gasteiger partial charge on any atom is 0.323 e. The van der Waals surface area contributed by atoms with Gasteiger partial charge in [-0.3, -0.25) is 19.3 Å². The Bertz CT molecular complexity index is 1460. The van der Waals surface area contributed by atoms with Crippen LogP contribution in [0.2, 0.25) is 0 Å². The predicted octanol–water partition coefficient (Wildman–Crippen LogP) is 4.61. The summed E-state index contributed by atoms with van der Waals surface area (Å²) in [6, 6.07) is 9.81. The minimum absolute atomic E-state index is 0.0448. The summed E-state index contributed by atoms with van der Waals surface area (Å²) in [7, 11) is 0. The molecule has 1 saturated heterocycles. The van der Waals surface area contributed by atoms with Crippen LogP contribution in [-0.4, -0.2) is 69.9 Å². The van der Waals surface area contributed by atoms with Crippen LogP contribution in [0.25, 0.3) is 22.2 Å². The Labute approximate surface area is 237 Å². The van der Waals surface area contributed by atoms with Gasteiger partial charge < -0.3 is 15.3 Å². The van der Waals surface area contributed by atoms with Gasteiger partial charge in [0.1, 0.15) is 18.2 Å². The van der Waals surface area contributed by atoms with E-state index in [2.05, 4.69) is 5.32 Å². The Kier molecular flexibility index (Phi) is 8.58. The SMILES string of the molecule is C[C@H](NC(=O)c1c(CN2CCN(CC(=O)O)C(=O)C2)c(-c2ccc(F)cc2)nc2ccc(F)cc12)C1CCCCC1. The lowest BCUT2D eigenvalue weighted by molar-refractivity contribution is -0.147. The number of pyridine rings is 1. The molecule has 2 heterocycles. The number of nitrogens with zero attached hydrogens (tertiary/aromatic N) is 3. The number of carboxylic acids is 1. The first-order valence-corrected chi connectivity index (χ1v) is 14.1. The summed E-state index contributed by atoms with van der Waals surface area (Å²) in [6.07, 6.45) is 5.49. The van der Waals surface area contributed by atoms with Gasteiger partial charge in [-0.15, -0.1) is 0 Å². The van der Waals surface area contributed by atoms with Gasteiger partial charge in [0.05, 0.1) is 23.3 Å². The fourth-order valence-corrected chi connectivity index (χ4v) is 6.01. The van der Waals surface area contributed by atoms with Crippen molar-refractivity contribution in [1.29, 1.82) is 0 Å². The maximum atomic E-state index is 14.6. The summed E-state index contributed by atoms with van der Waals surface area (Å²) in [5.41, 5.74) is 2.23. The zero-order valence-electron chi connectivity index (χ0n) is 23.0. The fraction of sp³-hybridized carbons (Fsp3) is 0.419. The van der Waals surface area contributed by atoms with E-state index >= 15 is 0 Å². The normalized spacial score (nSPS) is 17.5. The summed E-state index contributed by atoms with van der Waals surface area (Å²) in [5, 5.41) is 12.7. The molecule has 1 aliphatic carbocycles. The second-order valence-corrected chi connectivity index (χ2v) is 11.1. The lowest BCUT2D eigenvalue weighted by atomic mass is 9.84. The summed E-state index contributed by atoms with van der Waals surface area (Å²) >= 11 is 0. The van der Waals surface area contributed by atoms with Gasteiger partial charge in [-0.1, -0.05) is 19.3 Å². The number of halogens is 2. The Morgan fingerprint density at radius 1 is 1.05 bits per heavy atom. The largest absolute Gasteiger partial charge is 0.480 e. The number of benzene rings is 2. The van der Waals surface area contributed by atoms with Crippen molar-refractivity contribution in [2.45, 2.75) is 51.6 Å². The molecule has 2 aliphatic rings. The van der Waals surface area contributed by atoms with Crippen molar-refractivity contribution in [3.05, 3.63) is 65.2 Å². The van der Waals surface area contributed by atoms with E-state index in [0.29, 0.717) is 40.2 Å². The van der Waals surface area contributed by atoms with E-state index in [-0.39, 0.29) is 49.6 Å². The molecule has 1 saturated carbocycles. The third-order valence-electron chi connectivity index (χ3n) is 8.21. The molecular weight excluding hydrogens is 530 g/mol. The van der Waals surface area contributed by atoms with Gasteiger partial charge >= 0.3 is 5.97 Å². The number of fused-ring (bicyclic) bond motifs is 1. The second kappa shape index (κ2) is 12.3. The number of carbonyl (C=O) groups excluding carboxylic acids is 2. The zero-order valence-corrected chi connectivity index (χ0v) is 23.0. The highest BCUT2D eigenvalue weighted by atomic mass is 19.1. The van der Waals surface area contributed by atoms with Crippen molar-refractivity contribution >= 4 is 28.7 Å². The monoisotopic (exact) mass is 564 g/mol. The molecule has 1 atom stereocenters. The molecule has 8 nitrogen and oxygen atoms in total. The molecule has 2 amide bonds. The zero-order chi connectivity index (χ0) is 29.1. The summed E-state index contributed by atoms with van der Waals surface area (Å²) in [5.74, 6) is -2.35. The first-order valence-electron chi connectivity index (χ1n) is 14.1. The van der Waals surface area contributed by atoms with Crippen molar-refractivity contribution < 1.29 is 28.3 Å². The van der Waals surface area contributed by atoms with Crippen molar-refractivity contribution in [3.63, 3.8) is 0 Å². The van der Waals surface area contributed by atoms with Crippen LogP contribution in [0, 0.1) is 17.6 Å². The molecule has 0 radical (unpaired) electrons. The molecule has 2 aromatic carbocycles. The van der Waals surface area contributed by atoms with Gasteiger partial charge in [0, 0.05) is 42.2 Å². The molecule has 0 bridgehead atoms. The molecule has 3 aromatic rings. The van der Waals surface area contributed by atoms with Crippen LogP contribution in [0.15, 0.2) is 42.5 Å². The molecule has 5 rings (SSSR count). The molecule has 41 heavy (non-hydrogen) atoms. The summed E-state index contributed by atoms with van der Waals surface area (Å²) in [4.78, 5) is 45.9. The van der Waals surface area contributed by atoms with Crippen molar-refractivity contribution in [2.75, 3.05) is 26.2 Å². The highest BCUT2D eigenvalue weighted by molar-refractivity contribution is 6.09. The minimum atomic E-state index is -1.09. The van der Waals surface area contributed by atoms with Crippen LogP contribution < -0.4 is 5.32 Å². The van der Waals surface area contributed by atoms with Crippen molar-refractivity contribution in [1.82, 2.24) is 20.1 Å². The first kappa shape index (κ1) is 28.6. The number of nitrogens with one attached hydrogen (secondary N) is 1. The lowest BCUT2D eigenvalue weighted by Gasteiger charge is -2.34. The Hall–Kier alpha value is -3.92. The van der Waals surface area contributed by atoms with Gasteiger partial charge in [0.25, 0.3) is 5.91 Å². The fourth-order valence-electron chi connectivity index (χ4n) is 6.01. The topological polar surface area (TPSA) is 103 Å². The van der Waals surface area contributed by atoms with Crippen LogP contribution in [0.3, 0.4) is 0 Å². The second-order valence-electron chi connectivity index (χ2n) is 11.1. The minimum Gasteiger partial charge on any atom is -0.480 e. The summed E-state index contributed by atoms with van der Waals surface area (Å²) in [6.45, 7) is 2.31. The quantitative estimate of drug-likeness (QED) is 0.415.